The molecule has 0 amide bonds. The molecule has 1 heterocycles. The van der Waals surface area contributed by atoms with E-state index in [9.17, 15) is 12.8 Å². The molecule has 24 heavy (non-hydrogen) atoms. The minimum Gasteiger partial charge on any atom is -0.207 e. The van der Waals surface area contributed by atoms with Crippen LogP contribution in [0.2, 0.25) is 0 Å². The number of nitrogens with zero attached hydrogens (tertiary/aromatic N) is 1. The summed E-state index contributed by atoms with van der Waals surface area (Å²) in [5, 5.41) is 0.305. The van der Waals surface area contributed by atoms with Crippen molar-refractivity contribution in [1.82, 2.24) is 4.31 Å². The molecule has 1 aliphatic rings. The van der Waals surface area contributed by atoms with Gasteiger partial charge in [0.05, 0.1) is 4.90 Å². The van der Waals surface area contributed by atoms with E-state index in [0.29, 0.717) is 18.3 Å². The van der Waals surface area contributed by atoms with Crippen molar-refractivity contribution in [3.8, 4) is 0 Å². The van der Waals surface area contributed by atoms with Crippen LogP contribution in [-0.2, 0) is 10.0 Å². The van der Waals surface area contributed by atoms with Crippen LogP contribution in [0.25, 0.3) is 0 Å². The largest absolute Gasteiger partial charge is 0.243 e. The maximum absolute atomic E-state index is 13.0. The Morgan fingerprint density at radius 2 is 1.79 bits per heavy atom. The van der Waals surface area contributed by atoms with Gasteiger partial charge in [0.25, 0.3) is 0 Å². The summed E-state index contributed by atoms with van der Waals surface area (Å²) >= 11 is 1.80. The van der Waals surface area contributed by atoms with Gasteiger partial charge < -0.3 is 0 Å². The fourth-order valence-electron chi connectivity index (χ4n) is 2.94. The Bertz CT molecular complexity index is 806. The van der Waals surface area contributed by atoms with Crippen LogP contribution in [0.5, 0.6) is 0 Å². The summed E-state index contributed by atoms with van der Waals surface area (Å²) in [4.78, 5) is 0.156. The van der Waals surface area contributed by atoms with Gasteiger partial charge in [-0.05, 0) is 48.7 Å². The van der Waals surface area contributed by atoms with Crippen molar-refractivity contribution < 1.29 is 12.8 Å². The van der Waals surface area contributed by atoms with Gasteiger partial charge in [-0.3, -0.25) is 0 Å². The third-order valence-electron chi connectivity index (χ3n) is 4.29. The maximum atomic E-state index is 13.0. The molecule has 2 aromatic carbocycles. The van der Waals surface area contributed by atoms with Crippen LogP contribution in [-0.4, -0.2) is 31.6 Å². The van der Waals surface area contributed by atoms with Gasteiger partial charge in [0.15, 0.2) is 0 Å². The van der Waals surface area contributed by atoms with Crippen LogP contribution >= 0.6 is 11.8 Å². The number of sulfonamides is 1. The van der Waals surface area contributed by atoms with E-state index < -0.39 is 15.8 Å². The highest BCUT2D eigenvalue weighted by Gasteiger charge is 2.28. The van der Waals surface area contributed by atoms with E-state index in [4.69, 9.17) is 0 Å². The minimum atomic E-state index is -3.56. The molecule has 2 aromatic rings. The van der Waals surface area contributed by atoms with Gasteiger partial charge in [-0.25, -0.2) is 12.8 Å². The van der Waals surface area contributed by atoms with Crippen LogP contribution in [0.3, 0.4) is 0 Å². The lowest BCUT2D eigenvalue weighted by atomic mass is 10.0. The smallest absolute Gasteiger partial charge is 0.207 e. The molecular weight excluding hydrogens is 345 g/mol. The van der Waals surface area contributed by atoms with E-state index in [1.807, 2.05) is 12.1 Å². The predicted octanol–water partition coefficient (Wildman–Crippen LogP) is 4.00. The molecule has 1 fully saturated rings. The summed E-state index contributed by atoms with van der Waals surface area (Å²) < 4.78 is 40.1. The molecule has 0 radical (unpaired) electrons. The molecular formula is C18H20FNO2S2. The molecule has 0 aromatic heterocycles. The number of halogens is 1. The summed E-state index contributed by atoms with van der Waals surface area (Å²) in [6, 6.07) is 13.3. The van der Waals surface area contributed by atoms with E-state index in [2.05, 4.69) is 19.1 Å². The lowest BCUT2D eigenvalue weighted by Crippen LogP contribution is -2.33. The van der Waals surface area contributed by atoms with Crippen molar-refractivity contribution in [1.29, 1.82) is 0 Å². The van der Waals surface area contributed by atoms with Crippen LogP contribution in [0.4, 0.5) is 4.39 Å². The Kier molecular flexibility index (Phi) is 5.27. The number of thioether (sulfide) groups is 1. The van der Waals surface area contributed by atoms with Gasteiger partial charge >= 0.3 is 0 Å². The molecule has 1 atom stereocenters. The normalized spacial score (nSPS) is 19.8. The van der Waals surface area contributed by atoms with Crippen LogP contribution in [0, 0.1) is 12.7 Å². The van der Waals surface area contributed by atoms with Crippen LogP contribution < -0.4 is 0 Å². The zero-order valence-electron chi connectivity index (χ0n) is 13.5. The SMILES string of the molecule is Cc1ccccc1C1CCN(S(=O)(=O)c2ccc(F)cc2)CCS1. The third kappa shape index (κ3) is 3.66. The summed E-state index contributed by atoms with van der Waals surface area (Å²) in [5.74, 6) is 0.319. The van der Waals surface area contributed by atoms with Gasteiger partial charge in [-0.2, -0.15) is 16.1 Å². The average Bonchev–Trinajstić information content (AvgIpc) is 2.82. The first kappa shape index (κ1) is 17.5. The van der Waals surface area contributed by atoms with Crippen molar-refractivity contribution in [2.24, 2.45) is 0 Å². The highest BCUT2D eigenvalue weighted by Crippen LogP contribution is 2.36. The standard InChI is InChI=1S/C18H20FNO2S2/c1-14-4-2-3-5-17(14)18-10-11-20(12-13-23-18)24(21,22)16-8-6-15(19)7-9-16/h2-9,18H,10-13H2,1H3. The second-order valence-corrected chi connectivity index (χ2v) is 9.11. The first-order chi connectivity index (χ1) is 11.5. The van der Waals surface area contributed by atoms with Gasteiger partial charge in [0, 0.05) is 24.1 Å². The fourth-order valence-corrected chi connectivity index (χ4v) is 5.84. The zero-order valence-corrected chi connectivity index (χ0v) is 15.1. The monoisotopic (exact) mass is 365 g/mol. The Morgan fingerprint density at radius 3 is 2.50 bits per heavy atom. The van der Waals surface area contributed by atoms with Crippen molar-refractivity contribution >= 4 is 21.8 Å². The first-order valence-corrected chi connectivity index (χ1v) is 10.4. The lowest BCUT2D eigenvalue weighted by Gasteiger charge is -2.20. The molecule has 1 saturated heterocycles. The number of hydrogen-bond acceptors (Lipinski definition) is 3. The van der Waals surface area contributed by atoms with Crippen molar-refractivity contribution in [2.75, 3.05) is 18.8 Å². The quantitative estimate of drug-likeness (QED) is 0.825. The Morgan fingerprint density at radius 1 is 1.08 bits per heavy atom. The molecule has 0 aliphatic carbocycles. The molecule has 3 rings (SSSR count). The molecule has 1 aliphatic heterocycles. The predicted molar refractivity (Wildman–Crippen MR) is 96.2 cm³/mol. The van der Waals surface area contributed by atoms with E-state index in [-0.39, 0.29) is 4.90 Å². The number of hydrogen-bond donors (Lipinski definition) is 0. The topological polar surface area (TPSA) is 37.4 Å². The second kappa shape index (κ2) is 7.25. The van der Waals surface area contributed by atoms with Crippen molar-refractivity contribution in [3.63, 3.8) is 0 Å². The Balaban J connectivity index is 1.78. The van der Waals surface area contributed by atoms with Crippen LogP contribution in [0.15, 0.2) is 53.4 Å². The van der Waals surface area contributed by atoms with Gasteiger partial charge in [-0.1, -0.05) is 24.3 Å². The molecule has 3 nitrogen and oxygen atoms in total. The third-order valence-corrected chi connectivity index (χ3v) is 7.51. The van der Waals surface area contributed by atoms with Crippen molar-refractivity contribution in [3.05, 3.63) is 65.5 Å². The summed E-state index contributed by atoms with van der Waals surface area (Å²) in [7, 11) is -3.56. The molecule has 0 N–H and O–H groups in total. The number of rotatable bonds is 3. The van der Waals surface area contributed by atoms with Crippen LogP contribution in [0.1, 0.15) is 22.8 Å². The van der Waals surface area contributed by atoms with Gasteiger partial charge in [0.1, 0.15) is 5.82 Å². The zero-order chi connectivity index (χ0) is 17.2. The lowest BCUT2D eigenvalue weighted by molar-refractivity contribution is 0.428. The minimum absolute atomic E-state index is 0.156. The molecule has 0 saturated carbocycles. The highest BCUT2D eigenvalue weighted by atomic mass is 32.2. The molecule has 0 bridgehead atoms. The number of aryl methyl sites for hydroxylation is 1. The average molecular weight is 365 g/mol. The van der Waals surface area contributed by atoms with Gasteiger partial charge in [-0.15, -0.1) is 0 Å². The number of benzene rings is 2. The van der Waals surface area contributed by atoms with E-state index in [1.54, 1.807) is 11.8 Å². The fraction of sp³-hybridized carbons (Fsp3) is 0.333. The van der Waals surface area contributed by atoms with E-state index in [1.165, 1.54) is 39.7 Å². The van der Waals surface area contributed by atoms with Crippen molar-refractivity contribution in [2.45, 2.75) is 23.5 Å². The molecule has 6 heteroatoms. The summed E-state index contributed by atoms with van der Waals surface area (Å²) in [6.45, 7) is 3.05. The van der Waals surface area contributed by atoms with E-state index in [0.717, 1.165) is 12.2 Å². The maximum Gasteiger partial charge on any atom is 0.243 e. The van der Waals surface area contributed by atoms with E-state index >= 15 is 0 Å². The Hall–Kier alpha value is -1.37. The molecule has 1 unspecified atom stereocenters. The summed E-state index contributed by atoms with van der Waals surface area (Å²) in [6.07, 6.45) is 0.774. The first-order valence-electron chi connectivity index (χ1n) is 7.91. The Labute approximate surface area is 146 Å². The second-order valence-electron chi connectivity index (χ2n) is 5.86. The molecule has 0 spiro atoms. The highest BCUT2D eigenvalue weighted by molar-refractivity contribution is 7.99. The molecule has 128 valence electrons. The van der Waals surface area contributed by atoms with Gasteiger partial charge in [0.2, 0.25) is 10.0 Å². The summed E-state index contributed by atoms with van der Waals surface area (Å²) in [5.41, 5.74) is 2.52.